The highest BCUT2D eigenvalue weighted by molar-refractivity contribution is 5.88. The second-order valence-corrected chi connectivity index (χ2v) is 5.38. The van der Waals surface area contributed by atoms with Crippen molar-refractivity contribution in [1.82, 2.24) is 15.1 Å². The van der Waals surface area contributed by atoms with E-state index in [9.17, 15) is 4.79 Å². The van der Waals surface area contributed by atoms with E-state index < -0.39 is 5.97 Å². The van der Waals surface area contributed by atoms with Crippen molar-refractivity contribution in [2.24, 2.45) is 0 Å². The molecule has 0 bridgehead atoms. The summed E-state index contributed by atoms with van der Waals surface area (Å²) in [6.45, 7) is 6.24. The smallest absolute Gasteiger partial charge is 0.335 e. The Labute approximate surface area is 116 Å². The molecular formula is C13H16N4O3. The van der Waals surface area contributed by atoms with Gasteiger partial charge in [0, 0.05) is 11.1 Å². The number of pyridine rings is 1. The van der Waals surface area contributed by atoms with Crippen LogP contribution in [0.3, 0.4) is 0 Å². The number of aromatic carboxylic acids is 1. The Bertz CT molecular complexity index is 603. The van der Waals surface area contributed by atoms with Gasteiger partial charge in [-0.15, -0.1) is 0 Å². The third-order valence-electron chi connectivity index (χ3n) is 2.68. The third-order valence-corrected chi connectivity index (χ3v) is 2.68. The molecule has 20 heavy (non-hydrogen) atoms. The van der Waals surface area contributed by atoms with Gasteiger partial charge in [-0.1, -0.05) is 25.9 Å². The highest BCUT2D eigenvalue weighted by Gasteiger charge is 2.19. The zero-order chi connectivity index (χ0) is 14.8. The molecule has 0 unspecified atom stereocenters. The van der Waals surface area contributed by atoms with Crippen LogP contribution in [-0.4, -0.2) is 26.2 Å². The summed E-state index contributed by atoms with van der Waals surface area (Å²) in [5, 5.41) is 15.8. The Balaban J connectivity index is 2.27. The first-order valence-corrected chi connectivity index (χ1v) is 6.11. The van der Waals surface area contributed by atoms with Crippen LogP contribution in [0.5, 0.6) is 0 Å². The standard InChI is InChI=1S/C13H16N4O3/c1-13(2,3)9-4-8(12(18)19)5-10(16-9)14-6-11-15-7-20-17-11/h4-5,7H,6H2,1-3H3,(H,14,16)(H,18,19). The number of nitrogens with zero attached hydrogens (tertiary/aromatic N) is 3. The van der Waals surface area contributed by atoms with Crippen LogP contribution in [0.2, 0.25) is 0 Å². The Morgan fingerprint density at radius 3 is 2.70 bits per heavy atom. The Kier molecular flexibility index (Phi) is 3.69. The second kappa shape index (κ2) is 5.28. The topological polar surface area (TPSA) is 101 Å². The number of rotatable bonds is 4. The average Bonchev–Trinajstić information content (AvgIpc) is 2.88. The Morgan fingerprint density at radius 2 is 2.15 bits per heavy atom. The molecule has 2 N–H and O–H groups in total. The summed E-state index contributed by atoms with van der Waals surface area (Å²) in [7, 11) is 0. The average molecular weight is 276 g/mol. The number of carboxylic acid groups (broad SMARTS) is 1. The van der Waals surface area contributed by atoms with E-state index in [1.165, 1.54) is 12.5 Å². The largest absolute Gasteiger partial charge is 0.478 e. The molecule has 2 rings (SSSR count). The first-order chi connectivity index (χ1) is 9.36. The van der Waals surface area contributed by atoms with Crippen LogP contribution < -0.4 is 5.32 Å². The lowest BCUT2D eigenvalue weighted by atomic mass is 9.91. The summed E-state index contributed by atoms with van der Waals surface area (Å²) in [6, 6.07) is 3.07. The van der Waals surface area contributed by atoms with Crippen molar-refractivity contribution in [3.05, 3.63) is 35.6 Å². The van der Waals surface area contributed by atoms with E-state index in [0.717, 1.165) is 0 Å². The molecule has 7 heteroatoms. The van der Waals surface area contributed by atoms with E-state index in [0.29, 0.717) is 23.9 Å². The molecule has 0 aliphatic heterocycles. The number of anilines is 1. The molecule has 2 aromatic heterocycles. The van der Waals surface area contributed by atoms with Gasteiger partial charge in [-0.3, -0.25) is 0 Å². The molecule has 106 valence electrons. The summed E-state index contributed by atoms with van der Waals surface area (Å²) in [5.74, 6) is -0.0371. The molecular weight excluding hydrogens is 260 g/mol. The summed E-state index contributed by atoms with van der Waals surface area (Å²) in [6.07, 6.45) is 1.23. The molecule has 0 spiro atoms. The summed E-state index contributed by atoms with van der Waals surface area (Å²) in [5.41, 5.74) is 0.655. The molecule has 0 atom stereocenters. The molecule has 0 fully saturated rings. The van der Waals surface area contributed by atoms with Crippen LogP contribution in [0.25, 0.3) is 0 Å². The third kappa shape index (κ3) is 3.31. The number of carbonyl (C=O) groups is 1. The maximum absolute atomic E-state index is 11.2. The Hall–Kier alpha value is -2.44. The monoisotopic (exact) mass is 276 g/mol. The quantitative estimate of drug-likeness (QED) is 0.881. The number of hydrogen-bond donors (Lipinski definition) is 2. The molecule has 7 nitrogen and oxygen atoms in total. The van der Waals surface area contributed by atoms with Crippen LogP contribution in [0.4, 0.5) is 5.82 Å². The molecule has 2 heterocycles. The fourth-order valence-corrected chi connectivity index (χ4v) is 1.57. The predicted molar refractivity (Wildman–Crippen MR) is 71.5 cm³/mol. The maximum atomic E-state index is 11.2. The van der Waals surface area contributed by atoms with E-state index in [-0.39, 0.29) is 11.0 Å². The van der Waals surface area contributed by atoms with Gasteiger partial charge in [0.1, 0.15) is 5.82 Å². The van der Waals surface area contributed by atoms with Crippen molar-refractivity contribution in [1.29, 1.82) is 0 Å². The molecule has 0 radical (unpaired) electrons. The van der Waals surface area contributed by atoms with Crippen LogP contribution in [-0.2, 0) is 12.0 Å². The molecule has 0 aliphatic carbocycles. The Morgan fingerprint density at radius 1 is 1.40 bits per heavy atom. The first-order valence-electron chi connectivity index (χ1n) is 6.11. The second-order valence-electron chi connectivity index (χ2n) is 5.38. The minimum atomic E-state index is -0.986. The highest BCUT2D eigenvalue weighted by Crippen LogP contribution is 2.23. The lowest BCUT2D eigenvalue weighted by Gasteiger charge is -2.19. The number of aromatic nitrogens is 3. The van der Waals surface area contributed by atoms with Gasteiger partial charge in [0.2, 0.25) is 6.39 Å². The zero-order valence-electron chi connectivity index (χ0n) is 11.5. The van der Waals surface area contributed by atoms with E-state index in [1.807, 2.05) is 20.8 Å². The van der Waals surface area contributed by atoms with Gasteiger partial charge < -0.3 is 14.9 Å². The lowest BCUT2D eigenvalue weighted by Crippen LogP contribution is -2.16. The van der Waals surface area contributed by atoms with E-state index in [4.69, 9.17) is 5.11 Å². The van der Waals surface area contributed by atoms with Crippen molar-refractivity contribution in [3.8, 4) is 0 Å². The van der Waals surface area contributed by atoms with E-state index >= 15 is 0 Å². The van der Waals surface area contributed by atoms with Crippen molar-refractivity contribution in [2.75, 3.05) is 5.32 Å². The number of carboxylic acids is 1. The summed E-state index contributed by atoms with van der Waals surface area (Å²) < 4.78 is 4.63. The van der Waals surface area contributed by atoms with Crippen molar-refractivity contribution < 1.29 is 14.4 Å². The van der Waals surface area contributed by atoms with Crippen LogP contribution in [0.1, 0.15) is 42.6 Å². The van der Waals surface area contributed by atoms with Gasteiger partial charge in [0.15, 0.2) is 5.82 Å². The van der Waals surface area contributed by atoms with Gasteiger partial charge in [-0.05, 0) is 12.1 Å². The number of nitrogens with one attached hydrogen (secondary N) is 1. The van der Waals surface area contributed by atoms with Crippen LogP contribution >= 0.6 is 0 Å². The van der Waals surface area contributed by atoms with Gasteiger partial charge in [0.05, 0.1) is 12.1 Å². The van der Waals surface area contributed by atoms with Crippen LogP contribution in [0.15, 0.2) is 23.0 Å². The van der Waals surface area contributed by atoms with Crippen molar-refractivity contribution in [2.45, 2.75) is 32.7 Å². The summed E-state index contributed by atoms with van der Waals surface area (Å²) >= 11 is 0. The van der Waals surface area contributed by atoms with Crippen molar-refractivity contribution >= 4 is 11.8 Å². The molecule has 2 aromatic rings. The minimum Gasteiger partial charge on any atom is -0.478 e. The van der Waals surface area contributed by atoms with Gasteiger partial charge in [-0.25, -0.2) is 9.78 Å². The first kappa shape index (κ1) is 14.0. The van der Waals surface area contributed by atoms with Gasteiger partial charge in [-0.2, -0.15) is 4.98 Å². The van der Waals surface area contributed by atoms with Gasteiger partial charge in [0.25, 0.3) is 0 Å². The fraction of sp³-hybridized carbons (Fsp3) is 0.385. The van der Waals surface area contributed by atoms with Crippen LogP contribution in [0, 0.1) is 0 Å². The van der Waals surface area contributed by atoms with Gasteiger partial charge >= 0.3 is 5.97 Å². The lowest BCUT2D eigenvalue weighted by molar-refractivity contribution is 0.0696. The molecule has 0 aromatic carbocycles. The molecule has 0 aliphatic rings. The zero-order valence-corrected chi connectivity index (χ0v) is 11.5. The number of hydrogen-bond acceptors (Lipinski definition) is 6. The summed E-state index contributed by atoms with van der Waals surface area (Å²) in [4.78, 5) is 19.5. The molecule has 0 saturated heterocycles. The van der Waals surface area contributed by atoms with E-state index in [2.05, 4.69) is 25.0 Å². The SMILES string of the molecule is CC(C)(C)c1cc(C(=O)O)cc(NCc2ncon2)n1. The predicted octanol–water partition coefficient (Wildman–Crippen LogP) is 2.07. The fourth-order valence-electron chi connectivity index (χ4n) is 1.57. The normalized spacial score (nSPS) is 11.3. The van der Waals surface area contributed by atoms with Crippen molar-refractivity contribution in [3.63, 3.8) is 0 Å². The van der Waals surface area contributed by atoms with E-state index in [1.54, 1.807) is 6.07 Å². The maximum Gasteiger partial charge on any atom is 0.335 e. The molecule has 0 saturated carbocycles. The minimum absolute atomic E-state index is 0.195. The highest BCUT2D eigenvalue weighted by atomic mass is 16.5. The molecule has 0 amide bonds.